The molecule has 1 aliphatic rings. The van der Waals surface area contributed by atoms with Crippen molar-refractivity contribution in [1.29, 1.82) is 0 Å². The first-order valence-electron chi connectivity index (χ1n) is 8.19. The van der Waals surface area contributed by atoms with Crippen molar-refractivity contribution in [2.75, 3.05) is 0 Å². The first kappa shape index (κ1) is 17.8. The lowest BCUT2D eigenvalue weighted by Gasteiger charge is -2.23. The van der Waals surface area contributed by atoms with Crippen LogP contribution in [0, 0.1) is 11.6 Å². The molecule has 1 aliphatic carbocycles. The zero-order valence-corrected chi connectivity index (χ0v) is 14.0. The van der Waals surface area contributed by atoms with Gasteiger partial charge in [-0.3, -0.25) is 4.79 Å². The fourth-order valence-corrected chi connectivity index (χ4v) is 3.34. The van der Waals surface area contributed by atoms with Gasteiger partial charge in [0.25, 0.3) is 0 Å². The van der Waals surface area contributed by atoms with Crippen molar-refractivity contribution in [2.24, 2.45) is 0 Å². The molecule has 7 heteroatoms. The minimum absolute atomic E-state index is 0.0853. The number of carbonyl (C=O) groups excluding carboxylic acids is 1. The highest BCUT2D eigenvalue weighted by Crippen LogP contribution is 2.32. The van der Waals surface area contributed by atoms with Crippen molar-refractivity contribution in [3.8, 4) is 0 Å². The average molecular weight is 360 g/mol. The van der Waals surface area contributed by atoms with Gasteiger partial charge in [-0.15, -0.1) is 0 Å². The number of hydrogen-bond acceptors (Lipinski definition) is 2. The summed E-state index contributed by atoms with van der Waals surface area (Å²) < 4.78 is 27.0. The van der Waals surface area contributed by atoms with Crippen LogP contribution in [-0.4, -0.2) is 23.1 Å². The lowest BCUT2D eigenvalue weighted by molar-refractivity contribution is -0.123. The standard InChI is InChI=1S/C19H18F2N2O3/c1-10(13-7-6-12(20)9-15(13)21)18(24)22-16-8-11-4-2-3-5-14(11)17(16)23-19(25)26/h2-7,9-10,16-17,23H,8H2,1H3,(H,22,24)(H,25,26)/t10?,16-,17-/m0/s1. The van der Waals surface area contributed by atoms with E-state index in [0.717, 1.165) is 23.3 Å². The summed E-state index contributed by atoms with van der Waals surface area (Å²) in [5.41, 5.74) is 1.83. The van der Waals surface area contributed by atoms with Crippen LogP contribution in [0.1, 0.15) is 35.6 Å². The second kappa shape index (κ2) is 7.11. The Morgan fingerprint density at radius 2 is 1.88 bits per heavy atom. The van der Waals surface area contributed by atoms with Gasteiger partial charge in [0.2, 0.25) is 5.91 Å². The summed E-state index contributed by atoms with van der Waals surface area (Å²) in [5.74, 6) is -2.80. The van der Waals surface area contributed by atoms with Gasteiger partial charge >= 0.3 is 6.09 Å². The second-order valence-corrected chi connectivity index (χ2v) is 6.33. The Balaban J connectivity index is 1.78. The van der Waals surface area contributed by atoms with E-state index in [0.29, 0.717) is 6.42 Å². The Labute approximate surface area is 149 Å². The van der Waals surface area contributed by atoms with Crippen molar-refractivity contribution in [3.63, 3.8) is 0 Å². The van der Waals surface area contributed by atoms with Crippen LogP contribution in [0.5, 0.6) is 0 Å². The van der Waals surface area contributed by atoms with Gasteiger partial charge in [0, 0.05) is 11.6 Å². The van der Waals surface area contributed by atoms with Gasteiger partial charge in [0.15, 0.2) is 0 Å². The van der Waals surface area contributed by atoms with E-state index in [1.807, 2.05) is 18.2 Å². The molecule has 3 rings (SSSR count). The van der Waals surface area contributed by atoms with Gasteiger partial charge in [-0.1, -0.05) is 30.3 Å². The Morgan fingerprint density at radius 1 is 1.15 bits per heavy atom. The van der Waals surface area contributed by atoms with E-state index in [1.165, 1.54) is 13.0 Å². The van der Waals surface area contributed by atoms with E-state index < -0.39 is 41.6 Å². The third kappa shape index (κ3) is 3.51. The third-order valence-corrected chi connectivity index (χ3v) is 4.66. The molecule has 0 saturated carbocycles. The Kier molecular flexibility index (Phi) is 4.88. The van der Waals surface area contributed by atoms with E-state index in [4.69, 9.17) is 5.11 Å². The molecule has 0 radical (unpaired) electrons. The molecule has 3 N–H and O–H groups in total. The Bertz CT molecular complexity index is 856. The van der Waals surface area contributed by atoms with Crippen LogP contribution in [-0.2, 0) is 11.2 Å². The Morgan fingerprint density at radius 3 is 2.58 bits per heavy atom. The Hall–Kier alpha value is -2.96. The van der Waals surface area contributed by atoms with Gasteiger partial charge < -0.3 is 15.7 Å². The number of amides is 2. The minimum Gasteiger partial charge on any atom is -0.465 e. The SMILES string of the molecule is CC(C(=O)N[C@H]1Cc2ccccc2[C@@H]1NC(=O)O)c1ccc(F)cc1F. The predicted octanol–water partition coefficient (Wildman–Crippen LogP) is 3.12. The van der Waals surface area contributed by atoms with Crippen molar-refractivity contribution < 1.29 is 23.5 Å². The molecule has 2 amide bonds. The number of halogens is 2. The van der Waals surface area contributed by atoms with Crippen LogP contribution in [0.2, 0.25) is 0 Å². The second-order valence-electron chi connectivity index (χ2n) is 6.33. The highest BCUT2D eigenvalue weighted by Gasteiger charge is 2.35. The lowest BCUT2D eigenvalue weighted by atomic mass is 9.98. The third-order valence-electron chi connectivity index (χ3n) is 4.66. The zero-order valence-electron chi connectivity index (χ0n) is 14.0. The molecule has 0 spiro atoms. The lowest BCUT2D eigenvalue weighted by Crippen LogP contribution is -2.45. The molecule has 136 valence electrons. The number of rotatable bonds is 4. The number of carboxylic acid groups (broad SMARTS) is 1. The van der Waals surface area contributed by atoms with Crippen LogP contribution >= 0.6 is 0 Å². The quantitative estimate of drug-likeness (QED) is 0.784. The molecular weight excluding hydrogens is 342 g/mol. The van der Waals surface area contributed by atoms with Crippen molar-refractivity contribution in [3.05, 3.63) is 70.8 Å². The van der Waals surface area contributed by atoms with Gasteiger partial charge in [0.05, 0.1) is 18.0 Å². The average Bonchev–Trinajstić information content (AvgIpc) is 2.91. The maximum absolute atomic E-state index is 13.9. The normalized spacial score (nSPS) is 19.5. The number of nitrogens with one attached hydrogen (secondary N) is 2. The van der Waals surface area contributed by atoms with Gasteiger partial charge in [-0.2, -0.15) is 0 Å². The molecule has 0 aliphatic heterocycles. The highest BCUT2D eigenvalue weighted by atomic mass is 19.1. The molecule has 0 saturated heterocycles. The number of benzene rings is 2. The van der Waals surface area contributed by atoms with Crippen molar-refractivity contribution in [1.82, 2.24) is 10.6 Å². The molecule has 0 fully saturated rings. The van der Waals surface area contributed by atoms with E-state index in [2.05, 4.69) is 10.6 Å². The van der Waals surface area contributed by atoms with Gasteiger partial charge in [0.1, 0.15) is 11.6 Å². The van der Waals surface area contributed by atoms with Crippen LogP contribution in [0.15, 0.2) is 42.5 Å². The molecular formula is C19H18F2N2O3. The summed E-state index contributed by atoms with van der Waals surface area (Å²) in [6.07, 6.45) is -0.727. The maximum atomic E-state index is 13.9. The summed E-state index contributed by atoms with van der Waals surface area (Å²) in [6, 6.07) is 9.34. The molecule has 26 heavy (non-hydrogen) atoms. The number of hydrogen-bond donors (Lipinski definition) is 3. The number of fused-ring (bicyclic) bond motifs is 1. The van der Waals surface area contributed by atoms with E-state index in [-0.39, 0.29) is 5.56 Å². The van der Waals surface area contributed by atoms with Crippen LogP contribution in [0.4, 0.5) is 13.6 Å². The zero-order chi connectivity index (χ0) is 18.8. The monoisotopic (exact) mass is 360 g/mol. The van der Waals surface area contributed by atoms with Crippen molar-refractivity contribution in [2.45, 2.75) is 31.3 Å². The molecule has 2 aromatic carbocycles. The molecule has 0 heterocycles. The van der Waals surface area contributed by atoms with E-state index in [9.17, 15) is 18.4 Å². The largest absolute Gasteiger partial charge is 0.465 e. The van der Waals surface area contributed by atoms with Gasteiger partial charge in [-0.05, 0) is 30.5 Å². The van der Waals surface area contributed by atoms with Gasteiger partial charge in [-0.25, -0.2) is 13.6 Å². The summed E-state index contributed by atoms with van der Waals surface area (Å²) >= 11 is 0. The van der Waals surface area contributed by atoms with Crippen molar-refractivity contribution >= 4 is 12.0 Å². The molecule has 0 bridgehead atoms. The number of carbonyl (C=O) groups is 2. The predicted molar refractivity (Wildman–Crippen MR) is 90.8 cm³/mol. The maximum Gasteiger partial charge on any atom is 0.405 e. The molecule has 2 aromatic rings. The molecule has 1 unspecified atom stereocenters. The fraction of sp³-hybridized carbons (Fsp3) is 0.263. The minimum atomic E-state index is -1.19. The van der Waals surface area contributed by atoms with Crippen LogP contribution in [0.3, 0.4) is 0 Å². The first-order valence-corrected chi connectivity index (χ1v) is 8.19. The summed E-state index contributed by atoms with van der Waals surface area (Å²) in [5, 5.41) is 14.3. The summed E-state index contributed by atoms with van der Waals surface area (Å²) in [6.45, 7) is 1.52. The fourth-order valence-electron chi connectivity index (χ4n) is 3.34. The summed E-state index contributed by atoms with van der Waals surface area (Å²) in [4.78, 5) is 23.7. The van der Waals surface area contributed by atoms with E-state index in [1.54, 1.807) is 6.07 Å². The molecule has 0 aromatic heterocycles. The smallest absolute Gasteiger partial charge is 0.405 e. The summed E-state index contributed by atoms with van der Waals surface area (Å²) in [7, 11) is 0. The van der Waals surface area contributed by atoms with Crippen LogP contribution in [0.25, 0.3) is 0 Å². The molecule has 5 nitrogen and oxygen atoms in total. The first-order chi connectivity index (χ1) is 12.4. The van der Waals surface area contributed by atoms with Crippen LogP contribution < -0.4 is 10.6 Å². The highest BCUT2D eigenvalue weighted by molar-refractivity contribution is 5.84. The molecule has 3 atom stereocenters. The topological polar surface area (TPSA) is 78.4 Å². The van der Waals surface area contributed by atoms with E-state index >= 15 is 0 Å².